The molecular weight excluding hydrogens is 136 g/mol. The normalized spacial score (nSPS) is 13.7. The van der Waals surface area contributed by atoms with Crippen LogP contribution in [0.25, 0.3) is 0 Å². The molecule has 0 aromatic carbocycles. The second kappa shape index (κ2) is 6.14. The predicted octanol–water partition coefficient (Wildman–Crippen LogP) is 2.96. The van der Waals surface area contributed by atoms with Gasteiger partial charge >= 0.3 is 0 Å². The van der Waals surface area contributed by atoms with Crippen LogP contribution in [0.5, 0.6) is 0 Å². The Morgan fingerprint density at radius 2 is 2.18 bits per heavy atom. The van der Waals surface area contributed by atoms with Gasteiger partial charge in [-0.05, 0) is 26.2 Å². The lowest BCUT2D eigenvalue weighted by Crippen LogP contribution is -2.03. The summed E-state index contributed by atoms with van der Waals surface area (Å²) in [4.78, 5) is 10.8. The van der Waals surface area contributed by atoms with Gasteiger partial charge in [0.15, 0.2) is 0 Å². The fourth-order valence-corrected chi connectivity index (χ4v) is 1.13. The Morgan fingerprint density at radius 3 is 2.55 bits per heavy atom. The fraction of sp³-hybridized carbons (Fsp3) is 0.700. The maximum atomic E-state index is 10.8. The van der Waals surface area contributed by atoms with Crippen molar-refractivity contribution in [2.24, 2.45) is 5.92 Å². The van der Waals surface area contributed by atoms with E-state index in [2.05, 4.69) is 13.0 Å². The molecule has 0 rings (SSSR count). The van der Waals surface area contributed by atoms with Crippen LogP contribution in [0.15, 0.2) is 12.2 Å². The van der Waals surface area contributed by atoms with Crippen molar-refractivity contribution in [3.05, 3.63) is 12.2 Å². The Bertz CT molecular complexity index is 136. The van der Waals surface area contributed by atoms with Gasteiger partial charge in [-0.2, -0.15) is 0 Å². The SMILES string of the molecule is C/C=C\CC(CC)CC(C)=O. The van der Waals surface area contributed by atoms with Gasteiger partial charge in [0.2, 0.25) is 0 Å². The molecule has 0 N–H and O–H groups in total. The van der Waals surface area contributed by atoms with E-state index >= 15 is 0 Å². The van der Waals surface area contributed by atoms with E-state index in [1.165, 1.54) is 0 Å². The number of hydrogen-bond donors (Lipinski definition) is 0. The minimum Gasteiger partial charge on any atom is -0.300 e. The van der Waals surface area contributed by atoms with Crippen molar-refractivity contribution >= 4 is 5.78 Å². The van der Waals surface area contributed by atoms with Gasteiger partial charge < -0.3 is 4.79 Å². The van der Waals surface area contributed by atoms with E-state index in [4.69, 9.17) is 0 Å². The van der Waals surface area contributed by atoms with E-state index in [0.29, 0.717) is 11.7 Å². The number of rotatable bonds is 5. The van der Waals surface area contributed by atoms with Crippen LogP contribution in [0.3, 0.4) is 0 Å². The quantitative estimate of drug-likeness (QED) is 0.556. The maximum absolute atomic E-state index is 10.8. The van der Waals surface area contributed by atoms with Crippen LogP contribution in [0.2, 0.25) is 0 Å². The summed E-state index contributed by atoms with van der Waals surface area (Å²) in [5, 5.41) is 0. The summed E-state index contributed by atoms with van der Waals surface area (Å²) in [5.41, 5.74) is 0. The number of ketones is 1. The Kier molecular flexibility index (Phi) is 5.81. The highest BCUT2D eigenvalue weighted by Crippen LogP contribution is 2.13. The van der Waals surface area contributed by atoms with Crippen molar-refractivity contribution in [3.63, 3.8) is 0 Å². The molecule has 64 valence electrons. The molecule has 1 atom stereocenters. The molecule has 1 heteroatoms. The largest absolute Gasteiger partial charge is 0.300 e. The number of carbonyl (C=O) groups excluding carboxylic acids is 1. The summed E-state index contributed by atoms with van der Waals surface area (Å²) in [6.45, 7) is 5.82. The third-order valence-electron chi connectivity index (χ3n) is 1.86. The third-order valence-corrected chi connectivity index (χ3v) is 1.86. The molecule has 0 bridgehead atoms. The van der Waals surface area contributed by atoms with E-state index in [0.717, 1.165) is 19.3 Å². The maximum Gasteiger partial charge on any atom is 0.130 e. The standard InChI is InChI=1S/C10H18O/c1-4-6-7-10(5-2)8-9(3)11/h4,6,10H,5,7-8H2,1-3H3/b6-4-. The molecule has 0 aliphatic heterocycles. The highest BCUT2D eigenvalue weighted by molar-refractivity contribution is 5.75. The number of allylic oxidation sites excluding steroid dienone is 2. The molecule has 0 saturated carbocycles. The fourth-order valence-electron chi connectivity index (χ4n) is 1.13. The zero-order chi connectivity index (χ0) is 8.69. The summed E-state index contributed by atoms with van der Waals surface area (Å²) >= 11 is 0. The van der Waals surface area contributed by atoms with Crippen LogP contribution in [0.4, 0.5) is 0 Å². The van der Waals surface area contributed by atoms with Gasteiger partial charge in [0.25, 0.3) is 0 Å². The average Bonchev–Trinajstić information content (AvgIpc) is 1.97. The van der Waals surface area contributed by atoms with E-state index < -0.39 is 0 Å². The van der Waals surface area contributed by atoms with Gasteiger partial charge in [-0.3, -0.25) is 0 Å². The van der Waals surface area contributed by atoms with Gasteiger partial charge in [-0.25, -0.2) is 0 Å². The highest BCUT2D eigenvalue weighted by Gasteiger charge is 2.06. The molecule has 11 heavy (non-hydrogen) atoms. The van der Waals surface area contributed by atoms with Gasteiger partial charge in [0.1, 0.15) is 5.78 Å². The highest BCUT2D eigenvalue weighted by atomic mass is 16.1. The molecule has 0 aliphatic carbocycles. The average molecular weight is 154 g/mol. The van der Waals surface area contributed by atoms with Crippen LogP contribution in [0.1, 0.15) is 40.0 Å². The monoisotopic (exact) mass is 154 g/mol. The molecule has 0 saturated heterocycles. The molecule has 0 aromatic rings. The summed E-state index contributed by atoms with van der Waals surface area (Å²) in [6.07, 6.45) is 7.07. The summed E-state index contributed by atoms with van der Waals surface area (Å²) < 4.78 is 0. The van der Waals surface area contributed by atoms with E-state index in [9.17, 15) is 4.79 Å². The number of carbonyl (C=O) groups is 1. The molecular formula is C10H18O. The Hall–Kier alpha value is -0.590. The molecule has 0 amide bonds. The molecule has 0 radical (unpaired) electrons. The minimum atomic E-state index is 0.307. The first kappa shape index (κ1) is 10.4. The lowest BCUT2D eigenvalue weighted by molar-refractivity contribution is -0.117. The van der Waals surface area contributed by atoms with Crippen LogP contribution in [0, 0.1) is 5.92 Å². The van der Waals surface area contributed by atoms with Gasteiger partial charge in [-0.15, -0.1) is 0 Å². The molecule has 1 nitrogen and oxygen atoms in total. The Morgan fingerprint density at radius 1 is 1.55 bits per heavy atom. The summed E-state index contributed by atoms with van der Waals surface area (Å²) in [7, 11) is 0. The molecule has 0 heterocycles. The number of hydrogen-bond acceptors (Lipinski definition) is 1. The molecule has 0 spiro atoms. The van der Waals surface area contributed by atoms with Crippen LogP contribution in [-0.4, -0.2) is 5.78 Å². The minimum absolute atomic E-state index is 0.307. The first-order valence-corrected chi connectivity index (χ1v) is 4.31. The molecule has 0 aromatic heterocycles. The van der Waals surface area contributed by atoms with Crippen molar-refractivity contribution in [3.8, 4) is 0 Å². The smallest absolute Gasteiger partial charge is 0.130 e. The van der Waals surface area contributed by atoms with Crippen LogP contribution < -0.4 is 0 Å². The summed E-state index contributed by atoms with van der Waals surface area (Å²) in [5.74, 6) is 0.866. The number of Topliss-reactive ketones (excluding diaryl/α,β-unsaturated/α-hetero) is 1. The van der Waals surface area contributed by atoms with Crippen molar-refractivity contribution in [2.75, 3.05) is 0 Å². The third kappa shape index (κ3) is 5.84. The van der Waals surface area contributed by atoms with Crippen molar-refractivity contribution in [2.45, 2.75) is 40.0 Å². The van der Waals surface area contributed by atoms with E-state index in [-0.39, 0.29) is 0 Å². The lowest BCUT2D eigenvalue weighted by atomic mass is 9.96. The summed E-state index contributed by atoms with van der Waals surface area (Å²) in [6, 6.07) is 0. The molecule has 1 unspecified atom stereocenters. The Balaban J connectivity index is 3.66. The zero-order valence-electron chi connectivity index (χ0n) is 7.76. The van der Waals surface area contributed by atoms with Crippen molar-refractivity contribution in [1.82, 2.24) is 0 Å². The van der Waals surface area contributed by atoms with Crippen LogP contribution in [-0.2, 0) is 4.79 Å². The van der Waals surface area contributed by atoms with Crippen molar-refractivity contribution < 1.29 is 4.79 Å². The lowest BCUT2D eigenvalue weighted by Gasteiger charge is -2.08. The Labute approximate surface area is 69.5 Å². The van der Waals surface area contributed by atoms with E-state index in [1.54, 1.807) is 6.92 Å². The predicted molar refractivity (Wildman–Crippen MR) is 48.5 cm³/mol. The second-order valence-corrected chi connectivity index (χ2v) is 2.99. The van der Waals surface area contributed by atoms with E-state index in [1.807, 2.05) is 13.0 Å². The van der Waals surface area contributed by atoms with Gasteiger partial charge in [0.05, 0.1) is 0 Å². The second-order valence-electron chi connectivity index (χ2n) is 2.99. The van der Waals surface area contributed by atoms with Gasteiger partial charge in [0, 0.05) is 6.42 Å². The van der Waals surface area contributed by atoms with Crippen molar-refractivity contribution in [1.29, 1.82) is 0 Å². The van der Waals surface area contributed by atoms with Gasteiger partial charge in [-0.1, -0.05) is 25.5 Å². The first-order valence-electron chi connectivity index (χ1n) is 4.31. The molecule has 0 aliphatic rings. The topological polar surface area (TPSA) is 17.1 Å². The first-order chi connectivity index (χ1) is 5.20. The molecule has 0 fully saturated rings. The van der Waals surface area contributed by atoms with Crippen LogP contribution >= 0.6 is 0 Å². The zero-order valence-corrected chi connectivity index (χ0v) is 7.76.